The second-order valence-electron chi connectivity index (χ2n) is 4.51. The quantitative estimate of drug-likeness (QED) is 0.786. The van der Waals surface area contributed by atoms with Gasteiger partial charge in [-0.2, -0.15) is 0 Å². The molecule has 0 aromatic heterocycles. The van der Waals surface area contributed by atoms with Crippen molar-refractivity contribution in [2.45, 2.75) is 30.5 Å². The number of aryl methyl sites for hydroxylation is 2. The molecule has 1 rings (SSSR count). The average molecular weight is 306 g/mol. The Labute approximate surface area is 120 Å². The van der Waals surface area contributed by atoms with Crippen molar-refractivity contribution in [1.29, 1.82) is 0 Å². The van der Waals surface area contributed by atoms with Gasteiger partial charge >= 0.3 is 0 Å². The molecule has 1 unspecified atom stereocenters. The first-order chi connectivity index (χ1) is 8.86. The maximum absolute atomic E-state index is 12.2. The maximum atomic E-state index is 12.2. The van der Waals surface area contributed by atoms with Crippen LogP contribution in [0.1, 0.15) is 17.5 Å². The number of halogens is 1. The van der Waals surface area contributed by atoms with E-state index in [1.807, 2.05) is 13.0 Å². The summed E-state index contributed by atoms with van der Waals surface area (Å²) in [4.78, 5) is 0.324. The highest BCUT2D eigenvalue weighted by molar-refractivity contribution is 7.89. The topological polar surface area (TPSA) is 55.4 Å². The first kappa shape index (κ1) is 16.4. The maximum Gasteiger partial charge on any atom is 0.240 e. The lowest BCUT2D eigenvalue weighted by Gasteiger charge is -2.12. The third-order valence-corrected chi connectivity index (χ3v) is 4.68. The summed E-state index contributed by atoms with van der Waals surface area (Å²) < 4.78 is 31.8. The number of sulfonamides is 1. The summed E-state index contributed by atoms with van der Waals surface area (Å²) in [6.45, 7) is 4.36. The van der Waals surface area contributed by atoms with Crippen LogP contribution in [0.2, 0.25) is 0 Å². The molecule has 0 spiro atoms. The summed E-state index contributed by atoms with van der Waals surface area (Å²) in [6.07, 6.45) is 0.527. The van der Waals surface area contributed by atoms with Gasteiger partial charge < -0.3 is 4.74 Å². The van der Waals surface area contributed by atoms with Crippen LogP contribution in [0.4, 0.5) is 0 Å². The minimum absolute atomic E-state index is 0.189. The van der Waals surface area contributed by atoms with Gasteiger partial charge in [0.05, 0.1) is 16.9 Å². The van der Waals surface area contributed by atoms with Crippen LogP contribution >= 0.6 is 11.6 Å². The van der Waals surface area contributed by atoms with Gasteiger partial charge in [-0.1, -0.05) is 12.1 Å². The van der Waals surface area contributed by atoms with Crippen LogP contribution in [0.5, 0.6) is 0 Å². The zero-order chi connectivity index (χ0) is 14.5. The lowest BCUT2D eigenvalue weighted by molar-refractivity contribution is 0.196. The van der Waals surface area contributed by atoms with Crippen molar-refractivity contribution in [3.05, 3.63) is 29.3 Å². The molecule has 0 heterocycles. The summed E-state index contributed by atoms with van der Waals surface area (Å²) in [5.41, 5.74) is 1.65. The highest BCUT2D eigenvalue weighted by atomic mass is 35.5. The van der Waals surface area contributed by atoms with Crippen molar-refractivity contribution in [3.63, 3.8) is 0 Å². The van der Waals surface area contributed by atoms with Crippen molar-refractivity contribution in [3.8, 4) is 0 Å². The second kappa shape index (κ2) is 7.24. The Kier molecular flexibility index (Phi) is 6.26. The molecule has 0 aliphatic rings. The summed E-state index contributed by atoms with van der Waals surface area (Å²) in [7, 11) is -1.91. The van der Waals surface area contributed by atoms with Crippen LogP contribution in [0.15, 0.2) is 23.1 Å². The predicted molar refractivity (Wildman–Crippen MR) is 77.2 cm³/mol. The Morgan fingerprint density at radius 1 is 1.37 bits per heavy atom. The Morgan fingerprint density at radius 3 is 2.68 bits per heavy atom. The fraction of sp³-hybridized carbons (Fsp3) is 0.538. The molecule has 108 valence electrons. The molecule has 0 aliphatic carbocycles. The molecule has 19 heavy (non-hydrogen) atoms. The number of alkyl halides is 1. The van der Waals surface area contributed by atoms with Crippen molar-refractivity contribution in [1.82, 2.24) is 4.72 Å². The number of hydrogen-bond donors (Lipinski definition) is 1. The van der Waals surface area contributed by atoms with E-state index in [-0.39, 0.29) is 5.38 Å². The first-order valence-corrected chi connectivity index (χ1v) is 7.98. The highest BCUT2D eigenvalue weighted by Gasteiger charge is 2.17. The van der Waals surface area contributed by atoms with E-state index >= 15 is 0 Å². The summed E-state index contributed by atoms with van der Waals surface area (Å²) in [5.74, 6) is 0. The van der Waals surface area contributed by atoms with Crippen LogP contribution in [-0.2, 0) is 14.8 Å². The Hall–Kier alpha value is -0.620. The number of hydrogen-bond acceptors (Lipinski definition) is 3. The summed E-state index contributed by atoms with van der Waals surface area (Å²) in [6, 6.07) is 5.37. The molecule has 1 atom stereocenters. The Bertz CT molecular complexity index is 517. The molecule has 0 saturated carbocycles. The number of nitrogens with one attached hydrogen (secondary N) is 1. The summed E-state index contributed by atoms with van der Waals surface area (Å²) in [5, 5.41) is -0.189. The molecule has 0 bridgehead atoms. The zero-order valence-electron chi connectivity index (χ0n) is 11.4. The first-order valence-electron chi connectivity index (χ1n) is 6.06. The number of ether oxygens (including phenoxy) is 1. The third kappa shape index (κ3) is 5.10. The van der Waals surface area contributed by atoms with E-state index < -0.39 is 10.0 Å². The number of methoxy groups -OCH3 is 1. The minimum Gasteiger partial charge on any atom is -0.383 e. The second-order valence-corrected chi connectivity index (χ2v) is 6.86. The standard InChI is InChI=1S/C13H20ClNO3S/c1-10-4-5-11(2)13(8-10)19(16,17)15-7-6-12(14)9-18-3/h4-5,8,12,15H,6-7,9H2,1-3H3. The molecule has 0 radical (unpaired) electrons. The van der Waals surface area contributed by atoms with Crippen molar-refractivity contribution >= 4 is 21.6 Å². The predicted octanol–water partition coefficient (Wildman–Crippen LogP) is 2.23. The van der Waals surface area contributed by atoms with E-state index in [9.17, 15) is 8.42 Å². The molecule has 0 amide bonds. The molecular weight excluding hydrogens is 286 g/mol. The van der Waals surface area contributed by atoms with Gasteiger partial charge in [0.2, 0.25) is 10.0 Å². The van der Waals surface area contributed by atoms with Crippen LogP contribution < -0.4 is 4.72 Å². The van der Waals surface area contributed by atoms with Crippen LogP contribution in [-0.4, -0.2) is 34.1 Å². The molecule has 1 aromatic rings. The fourth-order valence-corrected chi connectivity index (χ4v) is 3.30. The average Bonchev–Trinajstić information content (AvgIpc) is 2.32. The lowest BCUT2D eigenvalue weighted by Crippen LogP contribution is -2.27. The number of rotatable bonds is 7. The Balaban J connectivity index is 2.68. The van der Waals surface area contributed by atoms with Crippen molar-refractivity contribution < 1.29 is 13.2 Å². The molecular formula is C13H20ClNO3S. The third-order valence-electron chi connectivity index (χ3n) is 2.73. The van der Waals surface area contributed by atoms with Gasteiger partial charge in [-0.05, 0) is 37.5 Å². The number of benzene rings is 1. The van der Waals surface area contributed by atoms with Gasteiger partial charge in [-0.3, -0.25) is 0 Å². The van der Waals surface area contributed by atoms with E-state index in [1.54, 1.807) is 26.2 Å². The molecule has 1 aromatic carbocycles. The van der Waals surface area contributed by atoms with Gasteiger partial charge in [-0.15, -0.1) is 11.6 Å². The van der Waals surface area contributed by atoms with E-state index in [0.29, 0.717) is 24.5 Å². The molecule has 0 fully saturated rings. The smallest absolute Gasteiger partial charge is 0.240 e. The lowest BCUT2D eigenvalue weighted by atomic mass is 10.2. The van der Waals surface area contributed by atoms with Crippen molar-refractivity contribution in [2.75, 3.05) is 20.3 Å². The van der Waals surface area contributed by atoms with Gasteiger partial charge in [0.1, 0.15) is 0 Å². The van der Waals surface area contributed by atoms with E-state index in [2.05, 4.69) is 4.72 Å². The highest BCUT2D eigenvalue weighted by Crippen LogP contribution is 2.16. The van der Waals surface area contributed by atoms with E-state index in [4.69, 9.17) is 16.3 Å². The van der Waals surface area contributed by atoms with Crippen LogP contribution in [0, 0.1) is 13.8 Å². The zero-order valence-corrected chi connectivity index (χ0v) is 13.0. The fourth-order valence-electron chi connectivity index (χ4n) is 1.69. The SMILES string of the molecule is COCC(Cl)CCNS(=O)(=O)c1cc(C)ccc1C. The van der Waals surface area contributed by atoms with E-state index in [1.165, 1.54) is 0 Å². The van der Waals surface area contributed by atoms with E-state index in [0.717, 1.165) is 11.1 Å². The molecule has 4 nitrogen and oxygen atoms in total. The molecule has 0 saturated heterocycles. The molecule has 6 heteroatoms. The summed E-state index contributed by atoms with van der Waals surface area (Å²) >= 11 is 5.95. The van der Waals surface area contributed by atoms with Crippen LogP contribution in [0.3, 0.4) is 0 Å². The minimum atomic E-state index is -3.47. The molecule has 0 aliphatic heterocycles. The largest absolute Gasteiger partial charge is 0.383 e. The monoisotopic (exact) mass is 305 g/mol. The van der Waals surface area contributed by atoms with Gasteiger partial charge in [0, 0.05) is 13.7 Å². The normalized spacial score (nSPS) is 13.5. The van der Waals surface area contributed by atoms with Crippen LogP contribution in [0.25, 0.3) is 0 Å². The Morgan fingerprint density at radius 2 is 2.05 bits per heavy atom. The van der Waals surface area contributed by atoms with Gasteiger partial charge in [-0.25, -0.2) is 13.1 Å². The van der Waals surface area contributed by atoms with Crippen molar-refractivity contribution in [2.24, 2.45) is 0 Å². The van der Waals surface area contributed by atoms with Gasteiger partial charge in [0.15, 0.2) is 0 Å². The molecule has 1 N–H and O–H groups in total. The van der Waals surface area contributed by atoms with Gasteiger partial charge in [0.25, 0.3) is 0 Å².